The van der Waals surface area contributed by atoms with E-state index in [1.165, 1.54) is 6.08 Å². The first-order valence-electron chi connectivity index (χ1n) is 10.9. The van der Waals surface area contributed by atoms with Gasteiger partial charge in [-0.15, -0.1) is 0 Å². The van der Waals surface area contributed by atoms with Crippen LogP contribution in [0.25, 0.3) is 6.08 Å². The number of rotatable bonds is 6. The van der Waals surface area contributed by atoms with Gasteiger partial charge in [0.1, 0.15) is 0 Å². The summed E-state index contributed by atoms with van der Waals surface area (Å²) in [6.07, 6.45) is 3.24. The second-order valence-corrected chi connectivity index (χ2v) is 7.81. The van der Waals surface area contributed by atoms with Crippen LogP contribution in [0, 0.1) is 36.5 Å². The van der Waals surface area contributed by atoms with Crippen LogP contribution in [-0.4, -0.2) is 41.3 Å². The molecule has 0 unspecified atom stereocenters. The summed E-state index contributed by atoms with van der Waals surface area (Å²) < 4.78 is 5.47. The number of ether oxygens (including phenoxy) is 1. The predicted molar refractivity (Wildman–Crippen MR) is 131 cm³/mol. The molecule has 0 radical (unpaired) electrons. The summed E-state index contributed by atoms with van der Waals surface area (Å²) in [6, 6.07) is 15.2. The van der Waals surface area contributed by atoms with Crippen molar-refractivity contribution in [2.24, 2.45) is 0 Å². The van der Waals surface area contributed by atoms with E-state index in [9.17, 15) is 0 Å². The maximum absolute atomic E-state index is 9.03. The molecule has 34 heavy (non-hydrogen) atoms. The van der Waals surface area contributed by atoms with Crippen LogP contribution in [0.1, 0.15) is 22.3 Å². The Labute approximate surface area is 198 Å². The number of anilines is 5. The van der Waals surface area contributed by atoms with E-state index in [1.54, 1.807) is 18.2 Å². The van der Waals surface area contributed by atoms with Crippen molar-refractivity contribution in [3.63, 3.8) is 0 Å². The van der Waals surface area contributed by atoms with Crippen molar-refractivity contribution in [1.82, 2.24) is 15.0 Å². The number of morpholine rings is 1. The molecule has 170 valence electrons. The molecule has 2 aromatic carbocycles. The zero-order chi connectivity index (χ0) is 23.9. The van der Waals surface area contributed by atoms with Gasteiger partial charge in [0.05, 0.1) is 30.9 Å². The summed E-state index contributed by atoms with van der Waals surface area (Å²) in [7, 11) is 0. The molecule has 3 aromatic rings. The first-order valence-corrected chi connectivity index (χ1v) is 10.9. The normalized spacial score (nSPS) is 13.4. The average molecular weight is 453 g/mol. The van der Waals surface area contributed by atoms with Crippen molar-refractivity contribution in [1.29, 1.82) is 10.5 Å². The van der Waals surface area contributed by atoms with Crippen LogP contribution in [0.15, 0.2) is 42.5 Å². The molecular formula is C25H24N8O. The predicted octanol–water partition coefficient (Wildman–Crippen LogP) is 4.22. The molecule has 1 aliphatic heterocycles. The number of aryl methyl sites for hydroxylation is 2. The number of nitrogens with zero attached hydrogens (tertiary/aromatic N) is 6. The Morgan fingerprint density at radius 2 is 1.59 bits per heavy atom. The van der Waals surface area contributed by atoms with Gasteiger partial charge in [-0.1, -0.05) is 0 Å². The van der Waals surface area contributed by atoms with Crippen molar-refractivity contribution >= 4 is 35.3 Å². The molecule has 2 N–H and O–H groups in total. The summed E-state index contributed by atoms with van der Waals surface area (Å²) in [5.41, 5.74) is 5.22. The van der Waals surface area contributed by atoms with E-state index in [0.29, 0.717) is 49.7 Å². The third-order valence-corrected chi connectivity index (χ3v) is 5.33. The van der Waals surface area contributed by atoms with E-state index in [1.807, 2.05) is 44.2 Å². The molecule has 1 fully saturated rings. The fourth-order valence-electron chi connectivity index (χ4n) is 3.67. The molecule has 0 saturated carbocycles. The maximum atomic E-state index is 9.03. The number of benzene rings is 2. The maximum Gasteiger partial charge on any atom is 0.233 e. The van der Waals surface area contributed by atoms with Crippen LogP contribution in [0.3, 0.4) is 0 Å². The van der Waals surface area contributed by atoms with Crippen LogP contribution < -0.4 is 15.5 Å². The summed E-state index contributed by atoms with van der Waals surface area (Å²) in [6.45, 7) is 6.61. The second-order valence-electron chi connectivity index (χ2n) is 7.81. The zero-order valence-electron chi connectivity index (χ0n) is 19.0. The minimum Gasteiger partial charge on any atom is -0.378 e. The third kappa shape index (κ3) is 5.47. The van der Waals surface area contributed by atoms with Crippen LogP contribution in [0.4, 0.5) is 29.2 Å². The van der Waals surface area contributed by atoms with Gasteiger partial charge in [-0.05, 0) is 73.0 Å². The topological polar surface area (TPSA) is 123 Å². The van der Waals surface area contributed by atoms with Gasteiger partial charge in [-0.3, -0.25) is 0 Å². The Bertz CT molecular complexity index is 1260. The van der Waals surface area contributed by atoms with Crippen molar-refractivity contribution < 1.29 is 4.74 Å². The number of hydrogen-bond donors (Lipinski definition) is 2. The molecule has 0 aliphatic carbocycles. The first-order chi connectivity index (χ1) is 16.6. The standard InChI is InChI=1S/C25H24N8O/c1-17-14-20(4-3-9-26)15-18(2)22(17)29-24-30-23(28-21-7-5-19(16-27)6-8-21)31-25(32-24)33-10-12-34-13-11-33/h3-8,14-15H,10-13H2,1-2H3,(H2,28,29,30,31,32)/b4-3-. The second kappa shape index (κ2) is 10.4. The van der Waals surface area contributed by atoms with Crippen molar-refractivity contribution in [2.75, 3.05) is 41.8 Å². The molecule has 0 atom stereocenters. The van der Waals surface area contributed by atoms with Gasteiger partial charge < -0.3 is 20.3 Å². The van der Waals surface area contributed by atoms with Crippen molar-refractivity contribution in [3.8, 4) is 12.1 Å². The minimum atomic E-state index is 0.396. The Morgan fingerprint density at radius 3 is 2.21 bits per heavy atom. The molecular weight excluding hydrogens is 428 g/mol. The molecule has 9 nitrogen and oxygen atoms in total. The molecule has 2 heterocycles. The highest BCUT2D eigenvalue weighted by atomic mass is 16.5. The highest BCUT2D eigenvalue weighted by Crippen LogP contribution is 2.27. The molecule has 9 heteroatoms. The Kier molecular flexibility index (Phi) is 6.97. The zero-order valence-corrected chi connectivity index (χ0v) is 19.0. The lowest BCUT2D eigenvalue weighted by Crippen LogP contribution is -2.37. The van der Waals surface area contributed by atoms with Crippen molar-refractivity contribution in [2.45, 2.75) is 13.8 Å². The van der Waals surface area contributed by atoms with Gasteiger partial charge in [0.25, 0.3) is 0 Å². The van der Waals surface area contributed by atoms with Gasteiger partial charge in [-0.25, -0.2) is 0 Å². The van der Waals surface area contributed by atoms with Gasteiger partial charge in [-0.2, -0.15) is 25.5 Å². The van der Waals surface area contributed by atoms with Crippen LogP contribution in [-0.2, 0) is 4.74 Å². The van der Waals surface area contributed by atoms with Gasteiger partial charge in [0.2, 0.25) is 17.8 Å². The van der Waals surface area contributed by atoms with Crippen LogP contribution in [0.5, 0.6) is 0 Å². The van der Waals surface area contributed by atoms with Gasteiger partial charge in [0, 0.05) is 30.5 Å². The largest absolute Gasteiger partial charge is 0.378 e. The lowest BCUT2D eigenvalue weighted by Gasteiger charge is -2.27. The minimum absolute atomic E-state index is 0.396. The molecule has 1 saturated heterocycles. The SMILES string of the molecule is Cc1cc(/C=C\C#N)cc(C)c1Nc1nc(Nc2ccc(C#N)cc2)nc(N2CCOCC2)n1. The number of hydrogen-bond acceptors (Lipinski definition) is 9. The van der Waals surface area contributed by atoms with Crippen LogP contribution >= 0.6 is 0 Å². The van der Waals surface area contributed by atoms with Gasteiger partial charge in [0.15, 0.2) is 0 Å². The van der Waals surface area contributed by atoms with Crippen molar-refractivity contribution in [3.05, 3.63) is 64.7 Å². The van der Waals surface area contributed by atoms with E-state index < -0.39 is 0 Å². The molecule has 1 aromatic heterocycles. The summed E-state index contributed by atoms with van der Waals surface area (Å²) in [5.74, 6) is 1.37. The Hall–Kier alpha value is -4.47. The molecule has 4 rings (SSSR count). The quantitative estimate of drug-likeness (QED) is 0.529. The fourth-order valence-corrected chi connectivity index (χ4v) is 3.67. The third-order valence-electron chi connectivity index (χ3n) is 5.33. The van der Waals surface area contributed by atoms with E-state index in [4.69, 9.17) is 15.3 Å². The highest BCUT2D eigenvalue weighted by Gasteiger charge is 2.18. The first kappa shape index (κ1) is 22.7. The van der Waals surface area contributed by atoms with E-state index in [-0.39, 0.29) is 0 Å². The monoisotopic (exact) mass is 452 g/mol. The Morgan fingerprint density at radius 1 is 0.941 bits per heavy atom. The summed E-state index contributed by atoms with van der Waals surface area (Å²) in [5, 5.41) is 24.4. The van der Waals surface area contributed by atoms with Gasteiger partial charge >= 0.3 is 0 Å². The smallest absolute Gasteiger partial charge is 0.233 e. The number of allylic oxidation sites excluding steroid dienone is 1. The van der Waals surface area contributed by atoms with E-state index >= 15 is 0 Å². The number of aromatic nitrogens is 3. The highest BCUT2D eigenvalue weighted by molar-refractivity contribution is 5.69. The number of nitrogens with one attached hydrogen (secondary N) is 2. The number of nitriles is 2. The molecule has 1 aliphatic rings. The molecule has 0 amide bonds. The lowest BCUT2D eigenvalue weighted by molar-refractivity contribution is 0.122. The molecule has 0 bridgehead atoms. The lowest BCUT2D eigenvalue weighted by atomic mass is 10.0. The average Bonchev–Trinajstić information content (AvgIpc) is 2.86. The van der Waals surface area contributed by atoms with E-state index in [0.717, 1.165) is 28.1 Å². The Balaban J connectivity index is 1.67. The summed E-state index contributed by atoms with van der Waals surface area (Å²) >= 11 is 0. The molecule has 0 spiro atoms. The summed E-state index contributed by atoms with van der Waals surface area (Å²) in [4.78, 5) is 16.0. The fraction of sp³-hybridized carbons (Fsp3) is 0.240. The van der Waals surface area contributed by atoms with Crippen LogP contribution in [0.2, 0.25) is 0 Å². The van der Waals surface area contributed by atoms with E-state index in [2.05, 4.69) is 36.6 Å².